The van der Waals surface area contributed by atoms with Gasteiger partial charge in [-0.15, -0.1) is 0 Å². The van der Waals surface area contributed by atoms with E-state index in [4.69, 9.17) is 0 Å². The van der Waals surface area contributed by atoms with E-state index >= 15 is 0 Å². The van der Waals surface area contributed by atoms with Gasteiger partial charge in [-0.1, -0.05) is 18.2 Å². The Morgan fingerprint density at radius 2 is 2.18 bits per heavy atom. The van der Waals surface area contributed by atoms with E-state index in [1.807, 2.05) is 0 Å². The van der Waals surface area contributed by atoms with Gasteiger partial charge in [-0.25, -0.2) is 0 Å². The molecule has 0 aliphatic heterocycles. The second kappa shape index (κ2) is 4.53. The van der Waals surface area contributed by atoms with Crippen LogP contribution in [0.2, 0.25) is 0 Å². The quantitative estimate of drug-likeness (QED) is 0.808. The summed E-state index contributed by atoms with van der Waals surface area (Å²) in [5.74, 6) is 0. The lowest BCUT2D eigenvalue weighted by Crippen LogP contribution is -2.28. The lowest BCUT2D eigenvalue weighted by atomic mass is 10.1. The number of rotatable bonds is 5. The second-order valence-electron chi connectivity index (χ2n) is 5.24. The van der Waals surface area contributed by atoms with E-state index in [0.29, 0.717) is 6.04 Å². The summed E-state index contributed by atoms with van der Waals surface area (Å²) in [7, 11) is 0. The first kappa shape index (κ1) is 10.8. The monoisotopic (exact) mass is 228 g/mol. The van der Waals surface area contributed by atoms with Crippen LogP contribution in [0.25, 0.3) is 10.9 Å². The zero-order valence-electron chi connectivity index (χ0n) is 10.4. The van der Waals surface area contributed by atoms with Gasteiger partial charge in [0.1, 0.15) is 0 Å². The highest BCUT2D eigenvalue weighted by atomic mass is 15.0. The molecule has 1 aromatic carbocycles. The third kappa shape index (κ3) is 2.52. The predicted molar refractivity (Wildman–Crippen MR) is 72.2 cm³/mol. The molecule has 0 saturated heterocycles. The van der Waals surface area contributed by atoms with Crippen molar-refractivity contribution in [1.82, 2.24) is 10.3 Å². The molecule has 1 aliphatic rings. The molecule has 3 rings (SSSR count). The highest BCUT2D eigenvalue weighted by molar-refractivity contribution is 5.82. The Morgan fingerprint density at radius 3 is 3.00 bits per heavy atom. The molecule has 1 fully saturated rings. The van der Waals surface area contributed by atoms with Crippen LogP contribution in [0.15, 0.2) is 30.5 Å². The minimum absolute atomic E-state index is 0.635. The summed E-state index contributed by atoms with van der Waals surface area (Å²) >= 11 is 0. The number of hydrogen-bond acceptors (Lipinski definition) is 1. The molecule has 1 aromatic heterocycles. The number of nitrogens with one attached hydrogen (secondary N) is 2. The van der Waals surface area contributed by atoms with Crippen LogP contribution >= 0.6 is 0 Å². The number of fused-ring (bicyclic) bond motifs is 1. The van der Waals surface area contributed by atoms with Crippen molar-refractivity contribution in [2.75, 3.05) is 0 Å². The molecule has 2 heteroatoms. The standard InChI is InChI=1S/C15H20N2/c1-11(17-13-8-9-13)6-7-12-10-16-15-5-3-2-4-14(12)15/h2-5,10-11,13,16-17H,6-9H2,1H3/t11-/m0/s1. The van der Waals surface area contributed by atoms with Gasteiger partial charge >= 0.3 is 0 Å². The average molecular weight is 228 g/mol. The van der Waals surface area contributed by atoms with E-state index in [-0.39, 0.29) is 0 Å². The van der Waals surface area contributed by atoms with Crippen LogP contribution in [0.1, 0.15) is 31.7 Å². The molecule has 2 aromatic rings. The number of hydrogen-bond donors (Lipinski definition) is 2. The molecule has 2 nitrogen and oxygen atoms in total. The SMILES string of the molecule is C[C@@H](CCc1c[nH]c2ccccc12)NC1CC1. The largest absolute Gasteiger partial charge is 0.361 e. The molecular formula is C15H20N2. The van der Waals surface area contributed by atoms with Crippen molar-refractivity contribution < 1.29 is 0 Å². The van der Waals surface area contributed by atoms with Crippen molar-refractivity contribution in [2.45, 2.75) is 44.7 Å². The van der Waals surface area contributed by atoms with Crippen LogP contribution in [-0.4, -0.2) is 17.1 Å². The topological polar surface area (TPSA) is 27.8 Å². The fourth-order valence-electron chi connectivity index (χ4n) is 2.45. The van der Waals surface area contributed by atoms with Crippen molar-refractivity contribution in [3.8, 4) is 0 Å². The third-order valence-corrected chi connectivity index (χ3v) is 3.62. The Hall–Kier alpha value is -1.28. The highest BCUT2D eigenvalue weighted by Crippen LogP contribution is 2.22. The van der Waals surface area contributed by atoms with E-state index in [0.717, 1.165) is 12.5 Å². The Morgan fingerprint density at radius 1 is 1.35 bits per heavy atom. The summed E-state index contributed by atoms with van der Waals surface area (Å²) in [6, 6.07) is 10.0. The van der Waals surface area contributed by atoms with E-state index in [9.17, 15) is 0 Å². The number of para-hydroxylation sites is 1. The van der Waals surface area contributed by atoms with Crippen LogP contribution in [0.3, 0.4) is 0 Å². The summed E-state index contributed by atoms with van der Waals surface area (Å²) in [5, 5.41) is 5.03. The minimum atomic E-state index is 0.635. The van der Waals surface area contributed by atoms with Gasteiger partial charge in [-0.3, -0.25) is 0 Å². The average Bonchev–Trinajstić information content (AvgIpc) is 3.06. The Kier molecular flexibility index (Phi) is 2.89. The van der Waals surface area contributed by atoms with Gasteiger partial charge in [0, 0.05) is 29.2 Å². The Labute approximate surface area is 102 Å². The molecule has 0 spiro atoms. The normalized spacial score (nSPS) is 17.5. The van der Waals surface area contributed by atoms with Crippen LogP contribution in [-0.2, 0) is 6.42 Å². The molecular weight excluding hydrogens is 208 g/mol. The first-order valence-corrected chi connectivity index (χ1v) is 6.64. The molecule has 90 valence electrons. The summed E-state index contributed by atoms with van der Waals surface area (Å²) in [4.78, 5) is 3.34. The van der Waals surface area contributed by atoms with E-state index < -0.39 is 0 Å². The maximum Gasteiger partial charge on any atom is 0.0456 e. The van der Waals surface area contributed by atoms with Crippen molar-refractivity contribution in [3.63, 3.8) is 0 Å². The minimum Gasteiger partial charge on any atom is -0.361 e. The number of H-pyrrole nitrogens is 1. The van der Waals surface area contributed by atoms with Crippen molar-refractivity contribution >= 4 is 10.9 Å². The lowest BCUT2D eigenvalue weighted by Gasteiger charge is -2.12. The van der Waals surface area contributed by atoms with Gasteiger partial charge in [0.05, 0.1) is 0 Å². The maximum absolute atomic E-state index is 3.65. The number of benzene rings is 1. The third-order valence-electron chi connectivity index (χ3n) is 3.62. The number of aromatic amines is 1. The van der Waals surface area contributed by atoms with Gasteiger partial charge in [0.15, 0.2) is 0 Å². The predicted octanol–water partition coefficient (Wildman–Crippen LogP) is 3.24. The van der Waals surface area contributed by atoms with Gasteiger partial charge in [0.2, 0.25) is 0 Å². The summed E-state index contributed by atoms with van der Waals surface area (Å²) in [6.45, 7) is 2.30. The highest BCUT2D eigenvalue weighted by Gasteiger charge is 2.22. The van der Waals surface area contributed by atoms with Crippen molar-refractivity contribution in [3.05, 3.63) is 36.0 Å². The van der Waals surface area contributed by atoms with Crippen LogP contribution in [0.5, 0.6) is 0 Å². The summed E-state index contributed by atoms with van der Waals surface area (Å²) in [5.41, 5.74) is 2.70. The number of aryl methyl sites for hydroxylation is 1. The molecule has 0 bridgehead atoms. The van der Waals surface area contributed by atoms with Crippen molar-refractivity contribution in [1.29, 1.82) is 0 Å². The molecule has 2 N–H and O–H groups in total. The second-order valence-corrected chi connectivity index (χ2v) is 5.24. The van der Waals surface area contributed by atoms with Crippen molar-refractivity contribution in [2.24, 2.45) is 0 Å². The molecule has 0 radical (unpaired) electrons. The van der Waals surface area contributed by atoms with E-state index in [2.05, 4.69) is 47.7 Å². The van der Waals surface area contributed by atoms with Crippen LogP contribution in [0, 0.1) is 0 Å². The van der Waals surface area contributed by atoms with Gasteiger partial charge < -0.3 is 10.3 Å². The number of aromatic nitrogens is 1. The lowest BCUT2D eigenvalue weighted by molar-refractivity contribution is 0.512. The molecule has 17 heavy (non-hydrogen) atoms. The molecule has 1 atom stereocenters. The maximum atomic E-state index is 3.65. The van der Waals surface area contributed by atoms with E-state index in [1.165, 1.54) is 35.7 Å². The van der Waals surface area contributed by atoms with Gasteiger partial charge in [-0.05, 0) is 44.2 Å². The van der Waals surface area contributed by atoms with Crippen LogP contribution in [0.4, 0.5) is 0 Å². The molecule has 0 unspecified atom stereocenters. The van der Waals surface area contributed by atoms with Crippen LogP contribution < -0.4 is 5.32 Å². The molecule has 1 aliphatic carbocycles. The summed E-state index contributed by atoms with van der Waals surface area (Å²) < 4.78 is 0. The fourth-order valence-corrected chi connectivity index (χ4v) is 2.45. The Balaban J connectivity index is 1.63. The van der Waals surface area contributed by atoms with Gasteiger partial charge in [-0.2, -0.15) is 0 Å². The molecule has 1 heterocycles. The smallest absolute Gasteiger partial charge is 0.0456 e. The molecule has 1 saturated carbocycles. The fraction of sp³-hybridized carbons (Fsp3) is 0.467. The first-order chi connectivity index (χ1) is 8.33. The zero-order valence-corrected chi connectivity index (χ0v) is 10.4. The first-order valence-electron chi connectivity index (χ1n) is 6.64. The van der Waals surface area contributed by atoms with E-state index in [1.54, 1.807) is 0 Å². The molecule has 0 amide bonds. The van der Waals surface area contributed by atoms with Gasteiger partial charge in [0.25, 0.3) is 0 Å². The zero-order chi connectivity index (χ0) is 11.7. The Bertz CT molecular complexity index is 496. The summed E-state index contributed by atoms with van der Waals surface area (Å²) in [6.07, 6.45) is 7.28.